The average molecular weight is 210 g/mol. The highest BCUT2D eigenvalue weighted by Crippen LogP contribution is 2.29. The number of nitrogen functional groups attached to an aromatic ring is 1. The number of hydrogen-bond acceptors (Lipinski definition) is 3. The van der Waals surface area contributed by atoms with E-state index in [4.69, 9.17) is 10.3 Å². The van der Waals surface area contributed by atoms with Gasteiger partial charge in [0.1, 0.15) is 0 Å². The van der Waals surface area contributed by atoms with Crippen LogP contribution >= 0.6 is 0 Å². The first-order valence-corrected chi connectivity index (χ1v) is 4.27. The Morgan fingerprint density at radius 1 is 1.33 bits per heavy atom. The summed E-state index contributed by atoms with van der Waals surface area (Å²) in [6, 6.07) is 3.84. The van der Waals surface area contributed by atoms with Gasteiger partial charge in [-0.05, 0) is 19.1 Å². The van der Waals surface area contributed by atoms with Crippen LogP contribution < -0.4 is 5.73 Å². The molecule has 15 heavy (non-hydrogen) atoms. The summed E-state index contributed by atoms with van der Waals surface area (Å²) in [6.45, 7) is 1.63. The minimum atomic E-state index is -0.961. The molecule has 0 aliphatic rings. The summed E-state index contributed by atoms with van der Waals surface area (Å²) < 4.78 is 31.1. The summed E-state index contributed by atoms with van der Waals surface area (Å²) >= 11 is 0. The zero-order valence-corrected chi connectivity index (χ0v) is 7.92. The summed E-state index contributed by atoms with van der Waals surface area (Å²) in [7, 11) is 0. The van der Waals surface area contributed by atoms with Crippen molar-refractivity contribution in [1.82, 2.24) is 5.16 Å². The molecule has 2 rings (SSSR count). The molecule has 1 aromatic heterocycles. The van der Waals surface area contributed by atoms with Crippen molar-refractivity contribution >= 4 is 5.82 Å². The van der Waals surface area contributed by atoms with Crippen molar-refractivity contribution < 1.29 is 13.3 Å². The Morgan fingerprint density at radius 3 is 2.67 bits per heavy atom. The standard InChI is InChI=1S/C10H8F2N2O/c1-5-9(15-14-10(5)13)6-3-2-4-7(11)8(6)12/h2-4H,1H3,(H2,13,14). The average Bonchev–Trinajstić information content (AvgIpc) is 2.53. The van der Waals surface area contributed by atoms with Crippen LogP contribution in [0.3, 0.4) is 0 Å². The highest BCUT2D eigenvalue weighted by atomic mass is 19.2. The molecule has 0 saturated heterocycles. The topological polar surface area (TPSA) is 52.0 Å². The molecule has 0 saturated carbocycles. The van der Waals surface area contributed by atoms with E-state index in [0.29, 0.717) is 5.56 Å². The molecule has 5 heteroatoms. The summed E-state index contributed by atoms with van der Waals surface area (Å²) in [5.74, 6) is -1.56. The number of rotatable bonds is 1. The molecule has 0 aliphatic heterocycles. The van der Waals surface area contributed by atoms with E-state index >= 15 is 0 Å². The Bertz CT molecular complexity index is 508. The third kappa shape index (κ3) is 1.45. The van der Waals surface area contributed by atoms with Gasteiger partial charge in [-0.1, -0.05) is 11.2 Å². The van der Waals surface area contributed by atoms with Gasteiger partial charge in [0, 0.05) is 5.56 Å². The van der Waals surface area contributed by atoms with Crippen LogP contribution in [0.2, 0.25) is 0 Å². The Labute approximate surface area is 84.5 Å². The van der Waals surface area contributed by atoms with E-state index in [1.165, 1.54) is 12.1 Å². The van der Waals surface area contributed by atoms with E-state index in [1.807, 2.05) is 0 Å². The lowest BCUT2D eigenvalue weighted by molar-refractivity contribution is 0.430. The third-order valence-electron chi connectivity index (χ3n) is 2.16. The van der Waals surface area contributed by atoms with E-state index in [2.05, 4.69) is 5.16 Å². The van der Waals surface area contributed by atoms with Gasteiger partial charge in [-0.2, -0.15) is 0 Å². The van der Waals surface area contributed by atoms with Crippen LogP contribution in [0.4, 0.5) is 14.6 Å². The van der Waals surface area contributed by atoms with Gasteiger partial charge in [-0.15, -0.1) is 0 Å². The minimum absolute atomic E-state index is 0.0247. The molecule has 1 heterocycles. The molecule has 0 bridgehead atoms. The minimum Gasteiger partial charge on any atom is -0.381 e. The van der Waals surface area contributed by atoms with E-state index in [0.717, 1.165) is 6.07 Å². The van der Waals surface area contributed by atoms with Crippen molar-refractivity contribution in [3.8, 4) is 11.3 Å². The first-order chi connectivity index (χ1) is 7.11. The first-order valence-electron chi connectivity index (χ1n) is 4.27. The molecule has 1 aromatic carbocycles. The second-order valence-corrected chi connectivity index (χ2v) is 3.12. The number of nitrogens with zero attached hydrogens (tertiary/aromatic N) is 1. The molecule has 0 unspecified atom stereocenters. The maximum absolute atomic E-state index is 13.4. The normalized spacial score (nSPS) is 10.6. The number of aromatic nitrogens is 1. The fourth-order valence-electron chi connectivity index (χ4n) is 1.28. The molecule has 0 spiro atoms. The van der Waals surface area contributed by atoms with E-state index in [-0.39, 0.29) is 17.1 Å². The van der Waals surface area contributed by atoms with E-state index < -0.39 is 11.6 Å². The Hall–Kier alpha value is -1.91. The molecular formula is C10H8F2N2O. The lowest BCUT2D eigenvalue weighted by Gasteiger charge is -2.00. The molecule has 2 N–H and O–H groups in total. The molecule has 3 nitrogen and oxygen atoms in total. The first kappa shape index (κ1) is 9.64. The highest BCUT2D eigenvalue weighted by molar-refractivity contribution is 5.66. The van der Waals surface area contributed by atoms with Gasteiger partial charge in [0.15, 0.2) is 23.2 Å². The number of halogens is 2. The Morgan fingerprint density at radius 2 is 2.07 bits per heavy atom. The third-order valence-corrected chi connectivity index (χ3v) is 2.16. The Balaban J connectivity index is 2.64. The molecule has 0 fully saturated rings. The fourth-order valence-corrected chi connectivity index (χ4v) is 1.28. The van der Waals surface area contributed by atoms with Crippen molar-refractivity contribution in [2.45, 2.75) is 6.92 Å². The predicted octanol–water partition coefficient (Wildman–Crippen LogP) is 2.51. The van der Waals surface area contributed by atoms with Crippen LogP contribution in [-0.4, -0.2) is 5.16 Å². The zero-order chi connectivity index (χ0) is 11.0. The molecular weight excluding hydrogens is 202 g/mol. The van der Waals surface area contributed by atoms with E-state index in [9.17, 15) is 8.78 Å². The molecule has 78 valence electrons. The van der Waals surface area contributed by atoms with Crippen molar-refractivity contribution in [2.75, 3.05) is 5.73 Å². The zero-order valence-electron chi connectivity index (χ0n) is 7.92. The smallest absolute Gasteiger partial charge is 0.175 e. The predicted molar refractivity (Wildman–Crippen MR) is 51.0 cm³/mol. The lowest BCUT2D eigenvalue weighted by atomic mass is 10.1. The van der Waals surface area contributed by atoms with Gasteiger partial charge >= 0.3 is 0 Å². The number of hydrogen-bond donors (Lipinski definition) is 1. The number of benzene rings is 1. The summed E-state index contributed by atoms with van der Waals surface area (Å²) in [5, 5.41) is 3.48. The fraction of sp³-hybridized carbons (Fsp3) is 0.100. The van der Waals surface area contributed by atoms with Gasteiger partial charge < -0.3 is 10.3 Å². The van der Waals surface area contributed by atoms with Gasteiger partial charge in [-0.3, -0.25) is 0 Å². The van der Waals surface area contributed by atoms with Crippen LogP contribution in [0.1, 0.15) is 5.56 Å². The van der Waals surface area contributed by atoms with Gasteiger partial charge in [-0.25, -0.2) is 8.78 Å². The second-order valence-electron chi connectivity index (χ2n) is 3.12. The van der Waals surface area contributed by atoms with Crippen LogP contribution in [0.25, 0.3) is 11.3 Å². The lowest BCUT2D eigenvalue weighted by Crippen LogP contribution is -1.90. The largest absolute Gasteiger partial charge is 0.381 e. The monoisotopic (exact) mass is 210 g/mol. The number of anilines is 1. The summed E-state index contributed by atoms with van der Waals surface area (Å²) in [6.07, 6.45) is 0. The van der Waals surface area contributed by atoms with Gasteiger partial charge in [0.05, 0.1) is 5.56 Å². The van der Waals surface area contributed by atoms with Crippen molar-refractivity contribution in [2.24, 2.45) is 0 Å². The van der Waals surface area contributed by atoms with Crippen molar-refractivity contribution in [3.63, 3.8) is 0 Å². The van der Waals surface area contributed by atoms with Crippen molar-refractivity contribution in [1.29, 1.82) is 0 Å². The second kappa shape index (κ2) is 3.34. The number of nitrogens with two attached hydrogens (primary N) is 1. The summed E-state index contributed by atoms with van der Waals surface area (Å²) in [5.41, 5.74) is 5.97. The Kier molecular flexibility index (Phi) is 2.15. The van der Waals surface area contributed by atoms with Gasteiger partial charge in [0.2, 0.25) is 0 Å². The van der Waals surface area contributed by atoms with Crippen LogP contribution in [0, 0.1) is 18.6 Å². The maximum atomic E-state index is 13.4. The van der Waals surface area contributed by atoms with Crippen LogP contribution in [0.15, 0.2) is 22.7 Å². The SMILES string of the molecule is Cc1c(N)noc1-c1cccc(F)c1F. The highest BCUT2D eigenvalue weighted by Gasteiger charge is 2.17. The van der Waals surface area contributed by atoms with E-state index in [1.54, 1.807) is 6.92 Å². The molecule has 0 radical (unpaired) electrons. The molecule has 0 atom stereocenters. The maximum Gasteiger partial charge on any atom is 0.175 e. The molecule has 0 aliphatic carbocycles. The quantitative estimate of drug-likeness (QED) is 0.786. The molecule has 0 amide bonds. The van der Waals surface area contributed by atoms with Gasteiger partial charge in [0.25, 0.3) is 0 Å². The van der Waals surface area contributed by atoms with Crippen molar-refractivity contribution in [3.05, 3.63) is 35.4 Å². The summed E-state index contributed by atoms with van der Waals surface area (Å²) in [4.78, 5) is 0. The van der Waals surface area contributed by atoms with Crippen LogP contribution in [0.5, 0.6) is 0 Å². The molecule has 2 aromatic rings. The van der Waals surface area contributed by atoms with Crippen LogP contribution in [-0.2, 0) is 0 Å².